The van der Waals surface area contributed by atoms with Crippen molar-refractivity contribution in [3.63, 3.8) is 0 Å². The minimum atomic E-state index is -0.252. The van der Waals surface area contributed by atoms with Gasteiger partial charge in [-0.25, -0.2) is 4.39 Å². The number of allylic oxidation sites excluding steroid dienone is 1. The molecule has 0 bridgehead atoms. The number of nitrogens with one attached hydrogen (secondary N) is 1. The summed E-state index contributed by atoms with van der Waals surface area (Å²) in [6, 6.07) is 23.1. The first-order valence-corrected chi connectivity index (χ1v) is 11.1. The largest absolute Gasteiger partial charge is 0.358 e. The van der Waals surface area contributed by atoms with E-state index in [1.165, 1.54) is 23.3 Å². The van der Waals surface area contributed by atoms with Gasteiger partial charge in [0, 0.05) is 22.6 Å². The number of Topliss-reactive ketones (excluding diaryl/α,β-unsaturated/α-hetero) is 1. The number of hydrogen-bond donors (Lipinski definition) is 1. The van der Waals surface area contributed by atoms with Crippen LogP contribution in [0, 0.1) is 12.7 Å². The maximum atomic E-state index is 13.5. The van der Waals surface area contributed by atoms with E-state index < -0.39 is 0 Å². The van der Waals surface area contributed by atoms with Crippen LogP contribution in [0.4, 0.5) is 10.1 Å². The molecule has 30 heavy (non-hydrogen) atoms. The maximum Gasteiger partial charge on any atom is 0.162 e. The van der Waals surface area contributed by atoms with Crippen LogP contribution >= 0.6 is 11.8 Å². The van der Waals surface area contributed by atoms with Gasteiger partial charge in [-0.15, -0.1) is 11.8 Å². The zero-order valence-corrected chi connectivity index (χ0v) is 17.5. The topological polar surface area (TPSA) is 29.1 Å². The molecule has 0 aromatic heterocycles. The molecule has 1 heterocycles. The third-order valence-corrected chi connectivity index (χ3v) is 7.34. The van der Waals surface area contributed by atoms with Crippen molar-refractivity contribution in [3.05, 3.63) is 107 Å². The Morgan fingerprint density at radius 3 is 2.47 bits per heavy atom. The van der Waals surface area contributed by atoms with Crippen molar-refractivity contribution in [1.29, 1.82) is 0 Å². The molecule has 3 aromatic rings. The predicted octanol–water partition coefficient (Wildman–Crippen LogP) is 6.79. The summed E-state index contributed by atoms with van der Waals surface area (Å²) in [4.78, 5) is 14.6. The molecular formula is C26H22FNOS. The lowest BCUT2D eigenvalue weighted by Crippen LogP contribution is -2.24. The number of para-hydroxylation sites is 1. The van der Waals surface area contributed by atoms with Gasteiger partial charge in [-0.1, -0.05) is 48.5 Å². The van der Waals surface area contributed by atoms with E-state index >= 15 is 0 Å². The summed E-state index contributed by atoms with van der Waals surface area (Å²) in [7, 11) is 0. The lowest BCUT2D eigenvalue weighted by Gasteiger charge is -2.30. The van der Waals surface area contributed by atoms with Crippen molar-refractivity contribution >= 4 is 23.2 Å². The Kier molecular flexibility index (Phi) is 4.95. The lowest BCUT2D eigenvalue weighted by atomic mass is 9.79. The minimum Gasteiger partial charge on any atom is -0.358 e. The van der Waals surface area contributed by atoms with Crippen LogP contribution in [-0.4, -0.2) is 5.78 Å². The van der Waals surface area contributed by atoms with E-state index in [1.54, 1.807) is 23.9 Å². The Morgan fingerprint density at radius 1 is 0.933 bits per heavy atom. The van der Waals surface area contributed by atoms with Crippen LogP contribution in [0.25, 0.3) is 0 Å². The number of carbonyl (C=O) groups excluding carboxylic acids is 1. The standard InChI is InChI=1S/C26H22FNOS/c1-16-6-2-3-7-20(16)26-25-22(28-21-8-4-5-9-24(21)30-26)14-18(15-23(25)29)17-10-12-19(27)13-11-17/h2-13,18,26,28H,14-15H2,1H3. The third-order valence-electron chi connectivity index (χ3n) is 6.00. The van der Waals surface area contributed by atoms with Crippen molar-refractivity contribution in [1.82, 2.24) is 0 Å². The second-order valence-electron chi connectivity index (χ2n) is 7.95. The fraction of sp³-hybridized carbons (Fsp3) is 0.192. The number of ketones is 1. The number of rotatable bonds is 2. The number of anilines is 1. The smallest absolute Gasteiger partial charge is 0.162 e. The first-order chi connectivity index (χ1) is 14.6. The van der Waals surface area contributed by atoms with Gasteiger partial charge in [0.15, 0.2) is 5.78 Å². The molecule has 1 aliphatic carbocycles. The molecule has 2 aliphatic rings. The van der Waals surface area contributed by atoms with Crippen LogP contribution < -0.4 is 5.32 Å². The molecule has 2 unspecified atom stereocenters. The van der Waals surface area contributed by atoms with E-state index in [-0.39, 0.29) is 22.8 Å². The van der Waals surface area contributed by atoms with E-state index in [9.17, 15) is 9.18 Å². The fourth-order valence-electron chi connectivity index (χ4n) is 4.45. The van der Waals surface area contributed by atoms with Crippen LogP contribution in [0.1, 0.15) is 40.7 Å². The molecular weight excluding hydrogens is 393 g/mol. The summed E-state index contributed by atoms with van der Waals surface area (Å²) < 4.78 is 13.4. The highest BCUT2D eigenvalue weighted by Gasteiger charge is 2.36. The molecule has 0 amide bonds. The summed E-state index contributed by atoms with van der Waals surface area (Å²) in [6.45, 7) is 2.11. The summed E-state index contributed by atoms with van der Waals surface area (Å²) in [5, 5.41) is 3.54. The SMILES string of the molecule is Cc1ccccc1C1Sc2ccccc2NC2=C1C(=O)CC(c1ccc(F)cc1)C2. The summed E-state index contributed by atoms with van der Waals surface area (Å²) in [6.07, 6.45) is 1.19. The first-order valence-electron chi connectivity index (χ1n) is 10.2. The summed E-state index contributed by atoms with van der Waals surface area (Å²) >= 11 is 1.74. The number of hydrogen-bond acceptors (Lipinski definition) is 3. The van der Waals surface area contributed by atoms with Crippen molar-refractivity contribution < 1.29 is 9.18 Å². The number of benzene rings is 3. The fourth-order valence-corrected chi connectivity index (χ4v) is 5.89. The molecule has 0 spiro atoms. The zero-order valence-electron chi connectivity index (χ0n) is 16.7. The van der Waals surface area contributed by atoms with Crippen LogP contribution in [0.2, 0.25) is 0 Å². The van der Waals surface area contributed by atoms with Crippen molar-refractivity contribution in [3.8, 4) is 0 Å². The minimum absolute atomic E-state index is 0.0426. The van der Waals surface area contributed by atoms with E-state index in [4.69, 9.17) is 0 Å². The number of carbonyl (C=O) groups is 1. The van der Waals surface area contributed by atoms with Crippen molar-refractivity contribution in [2.75, 3.05) is 5.32 Å². The van der Waals surface area contributed by atoms with E-state index in [0.717, 1.165) is 33.8 Å². The highest BCUT2D eigenvalue weighted by Crippen LogP contribution is 2.51. The number of aryl methyl sites for hydroxylation is 1. The Balaban J connectivity index is 1.62. The van der Waals surface area contributed by atoms with Crippen molar-refractivity contribution in [2.45, 2.75) is 35.8 Å². The quantitative estimate of drug-likeness (QED) is 0.499. The second-order valence-corrected chi connectivity index (χ2v) is 9.09. The maximum absolute atomic E-state index is 13.5. The highest BCUT2D eigenvalue weighted by molar-refractivity contribution is 8.00. The van der Waals surface area contributed by atoms with Gasteiger partial charge in [0.05, 0.1) is 10.9 Å². The number of fused-ring (bicyclic) bond motifs is 1. The van der Waals surface area contributed by atoms with Crippen LogP contribution in [0.15, 0.2) is 89.0 Å². The van der Waals surface area contributed by atoms with Crippen molar-refractivity contribution in [2.24, 2.45) is 0 Å². The average Bonchev–Trinajstić information content (AvgIpc) is 2.91. The molecule has 1 N–H and O–H groups in total. The van der Waals surface area contributed by atoms with Gasteiger partial charge in [0.1, 0.15) is 5.82 Å². The highest BCUT2D eigenvalue weighted by atomic mass is 32.2. The second kappa shape index (κ2) is 7.77. The molecule has 4 heteroatoms. The summed E-state index contributed by atoms with van der Waals surface area (Å²) in [5.74, 6) is -0.0258. The molecule has 0 fully saturated rings. The Bertz CT molecular complexity index is 1150. The molecule has 150 valence electrons. The molecule has 5 rings (SSSR count). The lowest BCUT2D eigenvalue weighted by molar-refractivity contribution is -0.116. The monoisotopic (exact) mass is 415 g/mol. The van der Waals surface area contributed by atoms with Gasteiger partial charge in [0.2, 0.25) is 0 Å². The molecule has 2 nitrogen and oxygen atoms in total. The number of thioether (sulfide) groups is 1. The van der Waals surface area contributed by atoms with Gasteiger partial charge in [-0.05, 0) is 60.2 Å². The van der Waals surface area contributed by atoms with E-state index in [0.29, 0.717) is 6.42 Å². The zero-order chi connectivity index (χ0) is 20.7. The van der Waals surface area contributed by atoms with Gasteiger partial charge in [-0.3, -0.25) is 4.79 Å². The molecule has 2 atom stereocenters. The average molecular weight is 416 g/mol. The molecule has 0 saturated heterocycles. The molecule has 1 aliphatic heterocycles. The Labute approximate surface area is 180 Å². The van der Waals surface area contributed by atoms with Crippen LogP contribution in [-0.2, 0) is 4.79 Å². The van der Waals surface area contributed by atoms with Gasteiger partial charge < -0.3 is 5.32 Å². The van der Waals surface area contributed by atoms with E-state index in [1.807, 2.05) is 24.3 Å². The molecule has 0 saturated carbocycles. The number of halogens is 1. The van der Waals surface area contributed by atoms with E-state index in [2.05, 4.69) is 36.5 Å². The first kappa shape index (κ1) is 19.1. The van der Waals surface area contributed by atoms with Crippen LogP contribution in [0.5, 0.6) is 0 Å². The van der Waals surface area contributed by atoms with Gasteiger partial charge >= 0.3 is 0 Å². The third kappa shape index (κ3) is 3.46. The molecule has 0 radical (unpaired) electrons. The van der Waals surface area contributed by atoms with Gasteiger partial charge in [-0.2, -0.15) is 0 Å². The summed E-state index contributed by atoms with van der Waals surface area (Å²) in [5.41, 5.74) is 6.29. The van der Waals surface area contributed by atoms with Crippen LogP contribution in [0.3, 0.4) is 0 Å². The Morgan fingerprint density at radius 2 is 1.67 bits per heavy atom. The normalized spacial score (nSPS) is 20.8. The van der Waals surface area contributed by atoms with Gasteiger partial charge in [0.25, 0.3) is 0 Å². The predicted molar refractivity (Wildman–Crippen MR) is 120 cm³/mol. The Hall–Kier alpha value is -2.85. The molecule has 3 aromatic carbocycles.